The van der Waals surface area contributed by atoms with E-state index in [1.54, 1.807) is 0 Å². The van der Waals surface area contributed by atoms with Crippen molar-refractivity contribution in [2.45, 2.75) is 20.3 Å². The Labute approximate surface area is 150 Å². The molecule has 0 bridgehead atoms. The molecule has 3 rings (SSSR count). The van der Waals surface area contributed by atoms with E-state index < -0.39 is 0 Å². The highest BCUT2D eigenvalue weighted by Gasteiger charge is 2.27. The molecular weight excluding hydrogens is 372 g/mol. The van der Waals surface area contributed by atoms with Crippen LogP contribution in [-0.4, -0.2) is 69.5 Å². The fourth-order valence-corrected chi connectivity index (χ4v) is 3.80. The summed E-state index contributed by atoms with van der Waals surface area (Å²) in [5.41, 5.74) is 3.41. The van der Waals surface area contributed by atoms with Crippen LogP contribution in [-0.2, 0) is 6.42 Å². The Morgan fingerprint density at radius 3 is 2.67 bits per heavy atom. The van der Waals surface area contributed by atoms with E-state index in [4.69, 9.17) is 5.11 Å². The van der Waals surface area contributed by atoms with Crippen molar-refractivity contribution in [2.24, 2.45) is 0 Å². The summed E-state index contributed by atoms with van der Waals surface area (Å²) in [4.78, 5) is 21.9. The van der Waals surface area contributed by atoms with E-state index in [-0.39, 0.29) is 12.5 Å². The molecule has 0 atom stereocenters. The Morgan fingerprint density at radius 1 is 1.33 bits per heavy atom. The summed E-state index contributed by atoms with van der Waals surface area (Å²) >= 11 is 3.51. The SMILES string of the molecule is CCc1nc2c(C)cc(Br)cn2c1C(=O)N1CCN(CCO)CC1. The zero-order chi connectivity index (χ0) is 17.3. The van der Waals surface area contributed by atoms with Gasteiger partial charge in [0.25, 0.3) is 5.91 Å². The van der Waals surface area contributed by atoms with Gasteiger partial charge >= 0.3 is 0 Å². The molecule has 3 heterocycles. The van der Waals surface area contributed by atoms with E-state index in [0.29, 0.717) is 25.3 Å². The third-order valence-corrected chi connectivity index (χ3v) is 4.99. The topological polar surface area (TPSA) is 61.1 Å². The number of aryl methyl sites for hydroxylation is 2. The smallest absolute Gasteiger partial charge is 0.272 e. The van der Waals surface area contributed by atoms with Gasteiger partial charge in [-0.2, -0.15) is 0 Å². The van der Waals surface area contributed by atoms with Crippen LogP contribution in [0.4, 0.5) is 0 Å². The largest absolute Gasteiger partial charge is 0.395 e. The molecule has 0 radical (unpaired) electrons. The molecule has 1 fully saturated rings. The molecule has 0 spiro atoms. The average Bonchev–Trinajstić information content (AvgIpc) is 2.94. The number of pyridine rings is 1. The second kappa shape index (κ2) is 7.21. The Morgan fingerprint density at radius 2 is 2.04 bits per heavy atom. The molecule has 0 aliphatic carbocycles. The van der Waals surface area contributed by atoms with Crippen LogP contribution in [0.2, 0.25) is 0 Å². The van der Waals surface area contributed by atoms with Gasteiger partial charge in [-0.25, -0.2) is 4.98 Å². The molecule has 1 N–H and O–H groups in total. The van der Waals surface area contributed by atoms with E-state index in [2.05, 4.69) is 25.8 Å². The fraction of sp³-hybridized carbons (Fsp3) is 0.529. The summed E-state index contributed by atoms with van der Waals surface area (Å²) < 4.78 is 2.86. The van der Waals surface area contributed by atoms with Crippen molar-refractivity contribution in [1.29, 1.82) is 0 Å². The van der Waals surface area contributed by atoms with Crippen LogP contribution in [0, 0.1) is 6.92 Å². The van der Waals surface area contributed by atoms with Crippen molar-refractivity contribution in [3.63, 3.8) is 0 Å². The first-order valence-corrected chi connectivity index (χ1v) is 9.14. The molecule has 1 amide bonds. The van der Waals surface area contributed by atoms with Crippen LogP contribution in [0.5, 0.6) is 0 Å². The summed E-state index contributed by atoms with van der Waals surface area (Å²) in [6, 6.07) is 2.02. The maximum Gasteiger partial charge on any atom is 0.272 e. The van der Waals surface area contributed by atoms with E-state index in [9.17, 15) is 4.79 Å². The molecule has 0 aromatic carbocycles. The van der Waals surface area contributed by atoms with Gasteiger partial charge in [-0.15, -0.1) is 0 Å². The van der Waals surface area contributed by atoms with Crippen LogP contribution in [0.25, 0.3) is 5.65 Å². The number of halogens is 1. The van der Waals surface area contributed by atoms with Gasteiger partial charge in [0, 0.05) is 43.4 Å². The van der Waals surface area contributed by atoms with Crippen molar-refractivity contribution in [1.82, 2.24) is 19.2 Å². The summed E-state index contributed by atoms with van der Waals surface area (Å²) in [5.74, 6) is 0.0421. The van der Waals surface area contributed by atoms with E-state index >= 15 is 0 Å². The van der Waals surface area contributed by atoms with Gasteiger partial charge in [-0.3, -0.25) is 14.1 Å². The lowest BCUT2D eigenvalue weighted by molar-refractivity contribution is 0.0607. The number of carbonyl (C=O) groups excluding carboxylic acids is 1. The minimum Gasteiger partial charge on any atom is -0.395 e. The fourth-order valence-electron chi connectivity index (χ4n) is 3.25. The number of aliphatic hydroxyl groups excluding tert-OH is 1. The number of amides is 1. The van der Waals surface area contributed by atoms with Crippen molar-refractivity contribution in [2.75, 3.05) is 39.3 Å². The molecule has 1 aliphatic heterocycles. The first-order valence-electron chi connectivity index (χ1n) is 8.34. The highest BCUT2D eigenvalue weighted by atomic mass is 79.9. The number of β-amino-alcohol motifs (C(OH)–C–C–N with tert-alkyl or cyclic N) is 1. The van der Waals surface area contributed by atoms with Crippen molar-refractivity contribution < 1.29 is 9.90 Å². The standard InChI is InChI=1S/C17H23BrN4O2/c1-3-14-15(22-11-13(18)10-12(2)16(22)19-14)17(24)21-6-4-20(5-7-21)8-9-23/h10-11,23H,3-9H2,1-2H3. The maximum absolute atomic E-state index is 13.1. The molecule has 6 nitrogen and oxygen atoms in total. The predicted molar refractivity (Wildman–Crippen MR) is 96.4 cm³/mol. The number of imidazole rings is 1. The molecule has 2 aromatic rings. The quantitative estimate of drug-likeness (QED) is 0.857. The Kier molecular flexibility index (Phi) is 5.22. The molecule has 1 saturated heterocycles. The molecule has 2 aromatic heterocycles. The Bertz CT molecular complexity index is 751. The number of hydrogen-bond acceptors (Lipinski definition) is 4. The number of aliphatic hydroxyl groups is 1. The van der Waals surface area contributed by atoms with Crippen LogP contribution >= 0.6 is 15.9 Å². The minimum absolute atomic E-state index is 0.0421. The van der Waals surface area contributed by atoms with Gasteiger partial charge in [-0.1, -0.05) is 6.92 Å². The highest BCUT2D eigenvalue weighted by Crippen LogP contribution is 2.22. The lowest BCUT2D eigenvalue weighted by Gasteiger charge is -2.34. The van der Waals surface area contributed by atoms with Gasteiger partial charge in [0.1, 0.15) is 11.3 Å². The number of fused-ring (bicyclic) bond motifs is 1. The van der Waals surface area contributed by atoms with Crippen LogP contribution in [0.15, 0.2) is 16.7 Å². The lowest BCUT2D eigenvalue weighted by Crippen LogP contribution is -2.49. The summed E-state index contributed by atoms with van der Waals surface area (Å²) in [5, 5.41) is 9.04. The second-order valence-corrected chi connectivity index (χ2v) is 7.07. The zero-order valence-electron chi connectivity index (χ0n) is 14.1. The van der Waals surface area contributed by atoms with Gasteiger partial charge < -0.3 is 10.0 Å². The van der Waals surface area contributed by atoms with Crippen molar-refractivity contribution in [3.8, 4) is 0 Å². The maximum atomic E-state index is 13.1. The number of carbonyl (C=O) groups is 1. The van der Waals surface area contributed by atoms with Gasteiger partial charge in [0.2, 0.25) is 0 Å². The van der Waals surface area contributed by atoms with Crippen LogP contribution < -0.4 is 0 Å². The predicted octanol–water partition coefficient (Wildman–Crippen LogP) is 1.72. The summed E-state index contributed by atoms with van der Waals surface area (Å²) in [7, 11) is 0. The van der Waals surface area contributed by atoms with Gasteiger partial charge in [-0.05, 0) is 40.9 Å². The summed E-state index contributed by atoms with van der Waals surface area (Å²) in [6.45, 7) is 7.83. The molecule has 1 aliphatic rings. The summed E-state index contributed by atoms with van der Waals surface area (Å²) in [6.07, 6.45) is 2.65. The minimum atomic E-state index is 0.0421. The number of nitrogens with zero attached hydrogens (tertiary/aromatic N) is 4. The first-order chi connectivity index (χ1) is 11.5. The van der Waals surface area contributed by atoms with Gasteiger partial charge in [0.05, 0.1) is 12.3 Å². The molecule has 0 unspecified atom stereocenters. The third-order valence-electron chi connectivity index (χ3n) is 4.56. The average molecular weight is 395 g/mol. The van der Waals surface area contributed by atoms with E-state index in [1.165, 1.54) is 0 Å². The van der Waals surface area contributed by atoms with Crippen LogP contribution in [0.3, 0.4) is 0 Å². The Balaban J connectivity index is 1.92. The molecule has 0 saturated carbocycles. The van der Waals surface area contributed by atoms with Crippen molar-refractivity contribution >= 4 is 27.5 Å². The molecule has 24 heavy (non-hydrogen) atoms. The second-order valence-electron chi connectivity index (χ2n) is 6.15. The number of hydrogen-bond donors (Lipinski definition) is 1. The number of rotatable bonds is 4. The van der Waals surface area contributed by atoms with E-state index in [0.717, 1.165) is 40.9 Å². The first kappa shape index (κ1) is 17.4. The lowest BCUT2D eigenvalue weighted by atomic mass is 10.2. The molecule has 7 heteroatoms. The number of aromatic nitrogens is 2. The Hall–Kier alpha value is -1.44. The normalized spacial score (nSPS) is 16.1. The third kappa shape index (κ3) is 3.20. The number of piperazine rings is 1. The van der Waals surface area contributed by atoms with Gasteiger partial charge in [0.15, 0.2) is 0 Å². The highest BCUT2D eigenvalue weighted by molar-refractivity contribution is 9.10. The monoisotopic (exact) mass is 394 g/mol. The van der Waals surface area contributed by atoms with Crippen molar-refractivity contribution in [3.05, 3.63) is 33.7 Å². The van der Waals surface area contributed by atoms with E-state index in [1.807, 2.05) is 35.4 Å². The zero-order valence-corrected chi connectivity index (χ0v) is 15.7. The van der Waals surface area contributed by atoms with Crippen LogP contribution in [0.1, 0.15) is 28.7 Å². The molecule has 130 valence electrons. The molecular formula is C17H23BrN4O2.